The Morgan fingerprint density at radius 2 is 1.86 bits per heavy atom. The lowest BCUT2D eigenvalue weighted by Gasteiger charge is -2.34. The number of benzene rings is 1. The van der Waals surface area contributed by atoms with E-state index in [1.165, 1.54) is 5.56 Å². The second-order valence-corrected chi connectivity index (χ2v) is 7.25. The van der Waals surface area contributed by atoms with E-state index in [4.69, 9.17) is 4.99 Å². The van der Waals surface area contributed by atoms with Gasteiger partial charge in [0.2, 0.25) is 0 Å². The van der Waals surface area contributed by atoms with Crippen LogP contribution >= 0.6 is 0 Å². The zero-order valence-corrected chi connectivity index (χ0v) is 17.2. The average Bonchev–Trinajstić information content (AvgIpc) is 2.73. The number of hydrogen-bond acceptors (Lipinski definition) is 4. The molecule has 0 amide bonds. The first-order valence-electron chi connectivity index (χ1n) is 10.1. The lowest BCUT2D eigenvalue weighted by molar-refractivity contribution is 0.312. The fourth-order valence-electron chi connectivity index (χ4n) is 3.37. The van der Waals surface area contributed by atoms with Crippen LogP contribution < -0.4 is 15.5 Å². The second-order valence-electron chi connectivity index (χ2n) is 7.25. The summed E-state index contributed by atoms with van der Waals surface area (Å²) in [5.41, 5.74) is 2.41. The number of aliphatic imine (C=N–C) groups is 1. The summed E-state index contributed by atoms with van der Waals surface area (Å²) in [4.78, 5) is 14.2. The molecule has 1 aromatic heterocycles. The van der Waals surface area contributed by atoms with Crippen molar-refractivity contribution in [2.45, 2.75) is 26.4 Å². The molecular formula is C22H32N6. The minimum atomic E-state index is 0.185. The first-order chi connectivity index (χ1) is 13.7. The standard InChI is InChI=1S/C22H32N6/c1-4-23-22(26-18(2)19-9-6-5-7-10-19)25-17-20-11-8-12-24-21(20)28-15-13-27(3)14-16-28/h5-12,18H,4,13-17H2,1-3H3,(H2,23,25,26). The largest absolute Gasteiger partial charge is 0.357 e. The first-order valence-corrected chi connectivity index (χ1v) is 10.1. The molecule has 1 atom stereocenters. The molecule has 0 spiro atoms. The van der Waals surface area contributed by atoms with Crippen LogP contribution in [-0.4, -0.2) is 55.6 Å². The van der Waals surface area contributed by atoms with Crippen molar-refractivity contribution in [1.82, 2.24) is 20.5 Å². The number of rotatable bonds is 6. The summed E-state index contributed by atoms with van der Waals surface area (Å²) in [7, 11) is 2.17. The van der Waals surface area contributed by atoms with Crippen LogP contribution in [0.4, 0.5) is 5.82 Å². The van der Waals surface area contributed by atoms with Gasteiger partial charge in [-0.2, -0.15) is 0 Å². The summed E-state index contributed by atoms with van der Waals surface area (Å²) in [6.45, 7) is 9.82. The molecule has 1 unspecified atom stereocenters. The van der Waals surface area contributed by atoms with Gasteiger partial charge in [0.25, 0.3) is 0 Å². The number of aromatic nitrogens is 1. The van der Waals surface area contributed by atoms with Crippen LogP contribution in [0, 0.1) is 0 Å². The normalized spacial score (nSPS) is 16.7. The molecule has 6 nitrogen and oxygen atoms in total. The molecule has 0 saturated carbocycles. The number of pyridine rings is 1. The molecule has 0 aliphatic carbocycles. The molecule has 0 bridgehead atoms. The third-order valence-electron chi connectivity index (χ3n) is 5.07. The smallest absolute Gasteiger partial charge is 0.192 e. The van der Waals surface area contributed by atoms with Gasteiger partial charge in [-0.15, -0.1) is 0 Å². The van der Waals surface area contributed by atoms with E-state index in [1.54, 1.807) is 0 Å². The van der Waals surface area contributed by atoms with Crippen LogP contribution in [0.3, 0.4) is 0 Å². The number of anilines is 1. The maximum atomic E-state index is 4.84. The average molecular weight is 381 g/mol. The Morgan fingerprint density at radius 3 is 2.57 bits per heavy atom. The maximum Gasteiger partial charge on any atom is 0.192 e. The number of nitrogens with zero attached hydrogens (tertiary/aromatic N) is 4. The van der Waals surface area contributed by atoms with Crippen LogP contribution in [-0.2, 0) is 6.54 Å². The van der Waals surface area contributed by atoms with E-state index in [0.29, 0.717) is 6.54 Å². The van der Waals surface area contributed by atoms with E-state index in [9.17, 15) is 0 Å². The summed E-state index contributed by atoms with van der Waals surface area (Å²) in [5.74, 6) is 1.89. The fourth-order valence-corrected chi connectivity index (χ4v) is 3.37. The zero-order valence-electron chi connectivity index (χ0n) is 17.2. The van der Waals surface area contributed by atoms with Crippen LogP contribution in [0.2, 0.25) is 0 Å². The maximum absolute atomic E-state index is 4.84. The molecule has 2 heterocycles. The van der Waals surface area contributed by atoms with Crippen molar-refractivity contribution < 1.29 is 0 Å². The van der Waals surface area contributed by atoms with Gasteiger partial charge >= 0.3 is 0 Å². The van der Waals surface area contributed by atoms with E-state index in [-0.39, 0.29) is 6.04 Å². The second kappa shape index (κ2) is 10.1. The van der Waals surface area contributed by atoms with E-state index < -0.39 is 0 Å². The van der Waals surface area contributed by atoms with Gasteiger partial charge in [0, 0.05) is 44.5 Å². The summed E-state index contributed by atoms with van der Waals surface area (Å²) >= 11 is 0. The van der Waals surface area contributed by atoms with Crippen molar-refractivity contribution in [3.63, 3.8) is 0 Å². The Labute approximate surface area is 168 Å². The van der Waals surface area contributed by atoms with E-state index in [2.05, 4.69) is 76.6 Å². The molecular weight excluding hydrogens is 348 g/mol. The Morgan fingerprint density at radius 1 is 1.11 bits per heavy atom. The Bertz CT molecular complexity index is 753. The lowest BCUT2D eigenvalue weighted by atomic mass is 10.1. The van der Waals surface area contributed by atoms with Crippen molar-refractivity contribution in [1.29, 1.82) is 0 Å². The zero-order chi connectivity index (χ0) is 19.8. The van der Waals surface area contributed by atoms with Crippen LogP contribution in [0.5, 0.6) is 0 Å². The molecule has 1 fully saturated rings. The topological polar surface area (TPSA) is 55.8 Å². The molecule has 0 radical (unpaired) electrons. The van der Waals surface area contributed by atoms with Gasteiger partial charge in [-0.3, -0.25) is 0 Å². The predicted octanol–water partition coefficient (Wildman–Crippen LogP) is 2.65. The van der Waals surface area contributed by atoms with Crippen LogP contribution in [0.25, 0.3) is 0 Å². The van der Waals surface area contributed by atoms with Crippen molar-refractivity contribution >= 4 is 11.8 Å². The third kappa shape index (κ3) is 5.45. The summed E-state index contributed by atoms with van der Waals surface area (Å²) in [6, 6.07) is 14.8. The highest BCUT2D eigenvalue weighted by atomic mass is 15.3. The quantitative estimate of drug-likeness (QED) is 0.596. The van der Waals surface area contributed by atoms with E-state index in [0.717, 1.165) is 50.1 Å². The monoisotopic (exact) mass is 380 g/mol. The Kier molecular flexibility index (Phi) is 7.25. The van der Waals surface area contributed by atoms with Gasteiger partial charge in [-0.25, -0.2) is 9.98 Å². The molecule has 28 heavy (non-hydrogen) atoms. The van der Waals surface area contributed by atoms with E-state index in [1.807, 2.05) is 18.3 Å². The summed E-state index contributed by atoms with van der Waals surface area (Å²) < 4.78 is 0. The van der Waals surface area contributed by atoms with E-state index >= 15 is 0 Å². The van der Waals surface area contributed by atoms with Crippen molar-refractivity contribution in [2.75, 3.05) is 44.7 Å². The van der Waals surface area contributed by atoms with Gasteiger partial charge in [-0.05, 0) is 32.5 Å². The minimum Gasteiger partial charge on any atom is -0.357 e. The Balaban J connectivity index is 1.71. The van der Waals surface area contributed by atoms with Gasteiger partial charge in [0.15, 0.2) is 5.96 Å². The SMILES string of the molecule is CCNC(=NCc1cccnc1N1CCN(C)CC1)NC(C)c1ccccc1. The minimum absolute atomic E-state index is 0.185. The molecule has 2 N–H and O–H groups in total. The predicted molar refractivity (Wildman–Crippen MR) is 117 cm³/mol. The van der Waals surface area contributed by atoms with Gasteiger partial charge < -0.3 is 20.4 Å². The third-order valence-corrected chi connectivity index (χ3v) is 5.07. The molecule has 1 aromatic carbocycles. The number of likely N-dealkylation sites (N-methyl/N-ethyl adjacent to an activating group) is 1. The van der Waals surface area contributed by atoms with Gasteiger partial charge in [0.05, 0.1) is 12.6 Å². The lowest BCUT2D eigenvalue weighted by Crippen LogP contribution is -2.45. The van der Waals surface area contributed by atoms with Crippen LogP contribution in [0.15, 0.2) is 53.7 Å². The first kappa shape index (κ1) is 20.1. The number of piperazine rings is 1. The fraction of sp³-hybridized carbons (Fsp3) is 0.455. The molecule has 2 aromatic rings. The highest BCUT2D eigenvalue weighted by Crippen LogP contribution is 2.19. The molecule has 1 aliphatic rings. The number of guanidine groups is 1. The van der Waals surface area contributed by atoms with Crippen molar-refractivity contribution in [2.24, 2.45) is 4.99 Å². The summed E-state index contributed by atoms with van der Waals surface area (Å²) in [6.07, 6.45) is 1.88. The molecule has 1 saturated heterocycles. The molecule has 3 rings (SSSR count). The van der Waals surface area contributed by atoms with Crippen LogP contribution in [0.1, 0.15) is 31.0 Å². The highest BCUT2D eigenvalue weighted by Gasteiger charge is 2.18. The number of nitrogens with one attached hydrogen (secondary N) is 2. The summed E-state index contributed by atoms with van der Waals surface area (Å²) in [5, 5.41) is 6.86. The molecule has 150 valence electrons. The van der Waals surface area contributed by atoms with Crippen molar-refractivity contribution in [3.05, 3.63) is 59.8 Å². The molecule has 6 heteroatoms. The highest BCUT2D eigenvalue weighted by molar-refractivity contribution is 5.80. The van der Waals surface area contributed by atoms with Gasteiger partial charge in [0.1, 0.15) is 5.82 Å². The van der Waals surface area contributed by atoms with Gasteiger partial charge in [-0.1, -0.05) is 36.4 Å². The van der Waals surface area contributed by atoms with Crippen molar-refractivity contribution in [3.8, 4) is 0 Å². The number of hydrogen-bond donors (Lipinski definition) is 2. The molecule has 1 aliphatic heterocycles. The Hall–Kier alpha value is -2.60.